The van der Waals surface area contributed by atoms with Gasteiger partial charge in [0.15, 0.2) is 0 Å². The molecule has 0 unspecified atom stereocenters. The second kappa shape index (κ2) is 10.1. The number of rotatable bonds is 10. The Hall–Kier alpha value is -1.59. The van der Waals surface area contributed by atoms with Gasteiger partial charge < -0.3 is 4.43 Å². The van der Waals surface area contributed by atoms with Crippen LogP contribution in [0.1, 0.15) is 90.5 Å². The molecule has 1 nitrogen and oxygen atoms in total. The fourth-order valence-electron chi connectivity index (χ4n) is 5.55. The zero-order valence-electron chi connectivity index (χ0n) is 24.5. The van der Waals surface area contributed by atoms with Gasteiger partial charge >= 0.3 is 0 Å². The minimum atomic E-state index is -2.10. The van der Waals surface area contributed by atoms with E-state index in [1.807, 2.05) is 0 Å². The molecule has 0 amide bonds. The van der Waals surface area contributed by atoms with Crippen LogP contribution in [0.5, 0.6) is 5.75 Å². The van der Waals surface area contributed by atoms with Crippen LogP contribution in [0, 0.1) is 0 Å². The molecule has 3 heteroatoms. The van der Waals surface area contributed by atoms with Gasteiger partial charge in [0.25, 0.3) is 0 Å². The van der Waals surface area contributed by atoms with Crippen LogP contribution in [-0.4, -0.2) is 16.4 Å². The van der Waals surface area contributed by atoms with Gasteiger partial charge in [0.05, 0.1) is 0 Å². The van der Waals surface area contributed by atoms with Crippen LogP contribution in [0.15, 0.2) is 36.4 Å². The highest BCUT2D eigenvalue weighted by atomic mass is 28.4. The highest BCUT2D eigenvalue weighted by molar-refractivity contribution is 7.03. The van der Waals surface area contributed by atoms with E-state index < -0.39 is 16.4 Å². The standard InChI is InChI=1S/C32H50OSi2/c1-12-31(5,6)25-22-27(32(7,8)13-2)30(33-34(9,10)11)29(23-25)35(14-3,15-4)28-21-17-19-24-18-16-20-26(24)28/h16-17,19-23H,12-15,18H2,1-11H3. The molecule has 0 fully saturated rings. The molecule has 0 saturated carbocycles. The van der Waals surface area contributed by atoms with Gasteiger partial charge in [-0.15, -0.1) is 0 Å². The van der Waals surface area contributed by atoms with Gasteiger partial charge in [-0.05, 0) is 82.4 Å². The van der Waals surface area contributed by atoms with Crippen molar-refractivity contribution in [2.75, 3.05) is 0 Å². The zero-order chi connectivity index (χ0) is 26.2. The Kier molecular flexibility index (Phi) is 8.04. The van der Waals surface area contributed by atoms with Crippen LogP contribution in [0.2, 0.25) is 31.7 Å². The average Bonchev–Trinajstić information content (AvgIpc) is 3.29. The molecule has 0 atom stereocenters. The summed E-state index contributed by atoms with van der Waals surface area (Å²) in [5.41, 5.74) is 6.09. The van der Waals surface area contributed by atoms with E-state index in [1.54, 1.807) is 10.4 Å². The normalized spacial score (nSPS) is 14.4. The first-order valence-corrected chi connectivity index (χ1v) is 19.8. The first-order chi connectivity index (χ1) is 16.3. The highest BCUT2D eigenvalue weighted by Crippen LogP contribution is 2.40. The van der Waals surface area contributed by atoms with Gasteiger partial charge in [-0.25, -0.2) is 0 Å². The van der Waals surface area contributed by atoms with Crippen molar-refractivity contribution in [3.63, 3.8) is 0 Å². The van der Waals surface area contributed by atoms with Gasteiger partial charge in [-0.1, -0.05) is 110 Å². The van der Waals surface area contributed by atoms with Crippen molar-refractivity contribution >= 4 is 32.8 Å². The predicted molar refractivity (Wildman–Crippen MR) is 162 cm³/mol. The third kappa shape index (κ3) is 5.27. The lowest BCUT2D eigenvalue weighted by Gasteiger charge is -2.40. The molecule has 0 heterocycles. The van der Waals surface area contributed by atoms with Crippen LogP contribution >= 0.6 is 0 Å². The van der Waals surface area contributed by atoms with E-state index in [0.717, 1.165) is 19.3 Å². The van der Waals surface area contributed by atoms with Crippen LogP contribution in [-0.2, 0) is 17.3 Å². The van der Waals surface area contributed by atoms with Gasteiger partial charge in [-0.3, -0.25) is 0 Å². The summed E-state index contributed by atoms with van der Waals surface area (Å²) in [6.07, 6.45) is 8.04. The predicted octanol–water partition coefficient (Wildman–Crippen LogP) is 8.45. The molecule has 0 spiro atoms. The molecule has 2 aromatic carbocycles. The van der Waals surface area contributed by atoms with Crippen LogP contribution in [0.25, 0.3) is 6.08 Å². The number of allylic oxidation sites excluding steroid dienone is 1. The molecule has 35 heavy (non-hydrogen) atoms. The summed E-state index contributed by atoms with van der Waals surface area (Å²) in [4.78, 5) is 0. The van der Waals surface area contributed by atoms with E-state index in [1.165, 1.54) is 40.1 Å². The molecule has 0 N–H and O–H groups in total. The fourth-order valence-corrected chi connectivity index (χ4v) is 11.0. The summed E-state index contributed by atoms with van der Waals surface area (Å²) >= 11 is 0. The Morgan fingerprint density at radius 1 is 0.829 bits per heavy atom. The Morgan fingerprint density at radius 2 is 1.46 bits per heavy atom. The lowest BCUT2D eigenvalue weighted by molar-refractivity contribution is 0.462. The monoisotopic (exact) mass is 506 g/mol. The second-order valence-corrected chi connectivity index (χ2v) is 21.9. The van der Waals surface area contributed by atoms with E-state index in [-0.39, 0.29) is 10.8 Å². The minimum Gasteiger partial charge on any atom is -0.544 e. The average molecular weight is 507 g/mol. The van der Waals surface area contributed by atoms with E-state index in [4.69, 9.17) is 4.43 Å². The first kappa shape index (κ1) is 28.0. The molecule has 0 aromatic heterocycles. The molecule has 0 aliphatic heterocycles. The lowest BCUT2D eigenvalue weighted by atomic mass is 9.76. The van der Waals surface area contributed by atoms with Crippen molar-refractivity contribution in [2.24, 2.45) is 0 Å². The van der Waals surface area contributed by atoms with Gasteiger partial charge in [0.1, 0.15) is 13.8 Å². The molecule has 0 bridgehead atoms. The van der Waals surface area contributed by atoms with Crippen molar-refractivity contribution in [3.8, 4) is 5.75 Å². The van der Waals surface area contributed by atoms with Crippen molar-refractivity contribution in [3.05, 3.63) is 58.7 Å². The van der Waals surface area contributed by atoms with Crippen molar-refractivity contribution < 1.29 is 4.43 Å². The van der Waals surface area contributed by atoms with Crippen molar-refractivity contribution in [1.82, 2.24) is 0 Å². The molecular formula is C32H50OSi2. The highest BCUT2D eigenvalue weighted by Gasteiger charge is 2.42. The Balaban J connectivity index is 2.51. The van der Waals surface area contributed by atoms with E-state index in [9.17, 15) is 0 Å². The summed E-state index contributed by atoms with van der Waals surface area (Å²) in [5.74, 6) is 1.24. The number of fused-ring (bicyclic) bond motifs is 1. The molecule has 0 radical (unpaired) electrons. The quantitative estimate of drug-likeness (QED) is 0.294. The summed E-state index contributed by atoms with van der Waals surface area (Å²) < 4.78 is 7.16. The third-order valence-corrected chi connectivity index (χ3v) is 14.9. The van der Waals surface area contributed by atoms with Crippen LogP contribution in [0.4, 0.5) is 0 Å². The maximum Gasteiger partial charge on any atom is 0.242 e. The largest absolute Gasteiger partial charge is 0.544 e. The molecule has 192 valence electrons. The Bertz CT molecular complexity index is 1080. The van der Waals surface area contributed by atoms with Gasteiger partial charge in [-0.2, -0.15) is 0 Å². The molecule has 1 aliphatic carbocycles. The molecular weight excluding hydrogens is 457 g/mol. The number of hydrogen-bond donors (Lipinski definition) is 0. The van der Waals surface area contributed by atoms with Crippen LogP contribution < -0.4 is 14.8 Å². The summed E-state index contributed by atoms with van der Waals surface area (Å²) in [7, 11) is -3.94. The summed E-state index contributed by atoms with van der Waals surface area (Å²) in [6.45, 7) is 26.2. The van der Waals surface area contributed by atoms with Crippen LogP contribution in [0.3, 0.4) is 0 Å². The Labute approximate surface area is 218 Å². The van der Waals surface area contributed by atoms with Gasteiger partial charge in [0, 0.05) is 0 Å². The number of hydrogen-bond acceptors (Lipinski definition) is 1. The summed E-state index contributed by atoms with van der Waals surface area (Å²) in [6, 6.07) is 14.6. The van der Waals surface area contributed by atoms with Gasteiger partial charge in [0.2, 0.25) is 8.32 Å². The zero-order valence-corrected chi connectivity index (χ0v) is 26.5. The second-order valence-electron chi connectivity index (χ2n) is 12.9. The Morgan fingerprint density at radius 3 is 2.00 bits per heavy atom. The van der Waals surface area contributed by atoms with Crippen molar-refractivity contribution in [1.29, 1.82) is 0 Å². The molecule has 2 aromatic rings. The third-order valence-electron chi connectivity index (χ3n) is 8.83. The van der Waals surface area contributed by atoms with E-state index in [0.29, 0.717) is 0 Å². The fraction of sp³-hybridized carbons (Fsp3) is 0.562. The smallest absolute Gasteiger partial charge is 0.242 e. The van der Waals surface area contributed by atoms with E-state index in [2.05, 4.69) is 118 Å². The molecule has 1 aliphatic rings. The topological polar surface area (TPSA) is 9.23 Å². The molecule has 3 rings (SSSR count). The SMILES string of the molecule is CCC(C)(C)c1cc(C(C)(C)CC)c(O[Si](C)(C)C)c([Si](CC)(CC)c2cccc3c2C=CC3)c1. The maximum atomic E-state index is 7.16. The molecule has 0 saturated heterocycles. The van der Waals surface area contributed by atoms with Crippen molar-refractivity contribution in [2.45, 2.75) is 117 Å². The minimum absolute atomic E-state index is 0.0593. The lowest BCUT2D eigenvalue weighted by Crippen LogP contribution is -2.59. The summed E-state index contributed by atoms with van der Waals surface area (Å²) in [5, 5.41) is 3.16. The number of benzene rings is 2. The maximum absolute atomic E-state index is 7.16. The van der Waals surface area contributed by atoms with E-state index >= 15 is 0 Å². The first-order valence-electron chi connectivity index (χ1n) is 13.9.